The van der Waals surface area contributed by atoms with Crippen LogP contribution in [0.3, 0.4) is 0 Å². The van der Waals surface area contributed by atoms with E-state index in [4.69, 9.17) is 21.7 Å². The molecule has 1 heterocycles. The molecule has 0 bridgehead atoms. The van der Waals surface area contributed by atoms with Crippen LogP contribution in [0, 0.1) is 0 Å². The molecule has 27 heavy (non-hydrogen) atoms. The maximum atomic E-state index is 12.4. The smallest absolute Gasteiger partial charge is 0.276 e. The zero-order valence-electron chi connectivity index (χ0n) is 15.0. The number of methoxy groups -OCH3 is 1. The van der Waals surface area contributed by atoms with Crippen LogP contribution in [0.25, 0.3) is 6.08 Å². The lowest BCUT2D eigenvalue weighted by atomic mass is 10.1. The van der Waals surface area contributed by atoms with E-state index in [1.807, 2.05) is 49.4 Å². The molecule has 1 saturated heterocycles. The first-order valence-electron chi connectivity index (χ1n) is 8.41. The minimum absolute atomic E-state index is 0.119. The maximum absolute atomic E-state index is 12.4. The van der Waals surface area contributed by atoms with Gasteiger partial charge in [0.05, 0.1) is 7.11 Å². The third-order valence-corrected chi connectivity index (χ3v) is 4.95. The molecule has 0 aromatic heterocycles. The number of benzene rings is 2. The number of carbonyl (C=O) groups is 1. The molecular formula is C20H19BrN2O3S. The Morgan fingerprint density at radius 1 is 1.22 bits per heavy atom. The lowest BCUT2D eigenvalue weighted by Crippen LogP contribution is -2.30. The van der Waals surface area contributed by atoms with Crippen molar-refractivity contribution in [3.05, 3.63) is 63.8 Å². The molecule has 1 aliphatic heterocycles. The van der Waals surface area contributed by atoms with E-state index in [9.17, 15) is 4.79 Å². The molecule has 2 aromatic rings. The molecule has 7 heteroatoms. The van der Waals surface area contributed by atoms with Crippen LogP contribution in [0.5, 0.6) is 11.5 Å². The molecule has 1 N–H and O–H groups in total. The van der Waals surface area contributed by atoms with E-state index in [1.165, 1.54) is 4.90 Å². The molecule has 0 spiro atoms. The third-order valence-electron chi connectivity index (χ3n) is 4.10. The zero-order chi connectivity index (χ0) is 19.4. The number of rotatable bonds is 6. The average molecular weight is 447 g/mol. The van der Waals surface area contributed by atoms with Gasteiger partial charge in [-0.15, -0.1) is 0 Å². The minimum atomic E-state index is -0.119. The van der Waals surface area contributed by atoms with Gasteiger partial charge in [-0.05, 0) is 67.2 Å². The van der Waals surface area contributed by atoms with Gasteiger partial charge in [-0.3, -0.25) is 9.69 Å². The predicted molar refractivity (Wildman–Crippen MR) is 113 cm³/mol. The number of halogens is 1. The number of thiocarbonyl (C=S) groups is 1. The van der Waals surface area contributed by atoms with E-state index in [0.29, 0.717) is 24.0 Å². The van der Waals surface area contributed by atoms with E-state index < -0.39 is 0 Å². The van der Waals surface area contributed by atoms with Gasteiger partial charge in [-0.25, -0.2) is 0 Å². The summed E-state index contributed by atoms with van der Waals surface area (Å²) in [6, 6.07) is 13.3. The number of amides is 1. The van der Waals surface area contributed by atoms with Gasteiger partial charge in [-0.1, -0.05) is 22.0 Å². The lowest BCUT2D eigenvalue weighted by Gasteiger charge is -2.11. The monoisotopic (exact) mass is 446 g/mol. The highest BCUT2D eigenvalue weighted by Crippen LogP contribution is 2.25. The van der Waals surface area contributed by atoms with Gasteiger partial charge >= 0.3 is 0 Å². The van der Waals surface area contributed by atoms with Crippen molar-refractivity contribution in [3.8, 4) is 11.5 Å². The van der Waals surface area contributed by atoms with Crippen molar-refractivity contribution in [2.24, 2.45) is 0 Å². The Balaban J connectivity index is 1.81. The molecule has 3 rings (SSSR count). The Bertz CT molecular complexity index is 897. The van der Waals surface area contributed by atoms with Gasteiger partial charge < -0.3 is 14.8 Å². The van der Waals surface area contributed by atoms with Crippen LogP contribution in [0.1, 0.15) is 18.1 Å². The van der Waals surface area contributed by atoms with Crippen molar-refractivity contribution in [2.75, 3.05) is 13.7 Å². The molecular weight excluding hydrogens is 428 g/mol. The van der Waals surface area contributed by atoms with Crippen molar-refractivity contribution in [1.29, 1.82) is 0 Å². The maximum Gasteiger partial charge on any atom is 0.276 e. The summed E-state index contributed by atoms with van der Waals surface area (Å²) in [4.78, 5) is 13.9. The highest BCUT2D eigenvalue weighted by Gasteiger charge is 2.29. The van der Waals surface area contributed by atoms with Gasteiger partial charge in [0.25, 0.3) is 5.91 Å². The van der Waals surface area contributed by atoms with E-state index in [-0.39, 0.29) is 5.91 Å². The molecule has 2 aromatic carbocycles. The van der Waals surface area contributed by atoms with E-state index in [1.54, 1.807) is 13.2 Å². The lowest BCUT2D eigenvalue weighted by molar-refractivity contribution is -0.122. The molecule has 1 amide bonds. The number of nitrogens with one attached hydrogen (secondary N) is 1. The second-order valence-corrected chi connectivity index (χ2v) is 7.15. The fraction of sp³-hybridized carbons (Fsp3) is 0.200. The molecule has 1 fully saturated rings. The first-order valence-corrected chi connectivity index (χ1v) is 9.61. The van der Waals surface area contributed by atoms with Crippen molar-refractivity contribution in [3.63, 3.8) is 0 Å². The Morgan fingerprint density at radius 3 is 2.59 bits per heavy atom. The summed E-state index contributed by atoms with van der Waals surface area (Å²) < 4.78 is 12.3. The summed E-state index contributed by atoms with van der Waals surface area (Å²) in [6.45, 7) is 2.78. The third kappa shape index (κ3) is 4.48. The van der Waals surface area contributed by atoms with E-state index in [0.717, 1.165) is 27.1 Å². The van der Waals surface area contributed by atoms with Crippen molar-refractivity contribution < 1.29 is 14.3 Å². The number of likely N-dealkylation sites (N-methyl/N-ethyl adjacent to an activating group) is 1. The Labute approximate surface area is 172 Å². The first kappa shape index (κ1) is 19.4. The first-order chi connectivity index (χ1) is 13.0. The molecule has 0 radical (unpaired) electrons. The van der Waals surface area contributed by atoms with Gasteiger partial charge in [-0.2, -0.15) is 0 Å². The average Bonchev–Trinajstić information content (AvgIpc) is 2.94. The normalized spacial score (nSPS) is 15.2. The van der Waals surface area contributed by atoms with Crippen LogP contribution in [-0.4, -0.2) is 29.6 Å². The summed E-state index contributed by atoms with van der Waals surface area (Å²) in [5, 5.41) is 3.40. The molecule has 5 nitrogen and oxygen atoms in total. The topological polar surface area (TPSA) is 50.8 Å². The molecule has 0 saturated carbocycles. The zero-order valence-corrected chi connectivity index (χ0v) is 17.4. The fourth-order valence-corrected chi connectivity index (χ4v) is 3.30. The standard InChI is InChI=1S/C20H19BrN2O3S/c1-3-23-19(24)17(22-20(23)27)11-13-4-9-18(25-2)14(10-13)12-26-16-7-5-15(21)6-8-16/h4-11H,3,12H2,1-2H3,(H,22,27)/b17-11+. The fourth-order valence-electron chi connectivity index (χ4n) is 2.72. The second kappa shape index (κ2) is 8.54. The highest BCUT2D eigenvalue weighted by atomic mass is 79.9. The largest absolute Gasteiger partial charge is 0.496 e. The Kier molecular flexibility index (Phi) is 6.13. The van der Waals surface area contributed by atoms with Crippen molar-refractivity contribution >= 4 is 45.2 Å². The quantitative estimate of drug-likeness (QED) is 0.534. The number of hydrogen-bond donors (Lipinski definition) is 1. The van der Waals surface area contributed by atoms with Gasteiger partial charge in [0.1, 0.15) is 23.8 Å². The summed E-state index contributed by atoms with van der Waals surface area (Å²) in [7, 11) is 1.62. The summed E-state index contributed by atoms with van der Waals surface area (Å²) in [5.74, 6) is 1.37. The van der Waals surface area contributed by atoms with Crippen molar-refractivity contribution in [1.82, 2.24) is 10.2 Å². The number of carbonyl (C=O) groups excluding carboxylic acids is 1. The summed E-state index contributed by atoms with van der Waals surface area (Å²) in [6.07, 6.45) is 1.78. The molecule has 140 valence electrons. The van der Waals surface area contributed by atoms with E-state index in [2.05, 4.69) is 21.2 Å². The Morgan fingerprint density at radius 2 is 1.96 bits per heavy atom. The second-order valence-electron chi connectivity index (χ2n) is 5.85. The SMILES string of the molecule is CCN1C(=O)/C(=C\c2ccc(OC)c(COc3ccc(Br)cc3)c2)NC1=S. The van der Waals surface area contributed by atoms with Crippen LogP contribution in [0.15, 0.2) is 52.6 Å². The highest BCUT2D eigenvalue weighted by molar-refractivity contribution is 9.10. The number of hydrogen-bond acceptors (Lipinski definition) is 4. The predicted octanol–water partition coefficient (Wildman–Crippen LogP) is 4.11. The summed E-state index contributed by atoms with van der Waals surface area (Å²) in [5.41, 5.74) is 2.21. The minimum Gasteiger partial charge on any atom is -0.496 e. The number of ether oxygens (including phenoxy) is 2. The molecule has 0 atom stereocenters. The Hall–Kier alpha value is -2.38. The summed E-state index contributed by atoms with van der Waals surface area (Å²) >= 11 is 8.60. The molecule has 0 unspecified atom stereocenters. The van der Waals surface area contributed by atoms with Crippen LogP contribution in [0.2, 0.25) is 0 Å². The molecule has 0 aliphatic carbocycles. The van der Waals surface area contributed by atoms with Crippen LogP contribution in [-0.2, 0) is 11.4 Å². The van der Waals surface area contributed by atoms with Gasteiger partial charge in [0.2, 0.25) is 0 Å². The van der Waals surface area contributed by atoms with Crippen LogP contribution in [0.4, 0.5) is 0 Å². The van der Waals surface area contributed by atoms with Crippen molar-refractivity contribution in [2.45, 2.75) is 13.5 Å². The van der Waals surface area contributed by atoms with Gasteiger partial charge in [0.15, 0.2) is 5.11 Å². The van der Waals surface area contributed by atoms with E-state index >= 15 is 0 Å². The van der Waals surface area contributed by atoms with Crippen LogP contribution >= 0.6 is 28.1 Å². The number of nitrogens with zero attached hydrogens (tertiary/aromatic N) is 1. The molecule has 1 aliphatic rings. The van der Waals surface area contributed by atoms with Gasteiger partial charge in [0, 0.05) is 16.6 Å². The van der Waals surface area contributed by atoms with Crippen LogP contribution < -0.4 is 14.8 Å².